The van der Waals surface area contributed by atoms with Crippen LogP contribution in [0.4, 0.5) is 0 Å². The first-order chi connectivity index (χ1) is 15.6. The molecule has 2 aromatic heterocycles. The third kappa shape index (κ3) is 4.30. The molecule has 164 valence electrons. The van der Waals surface area contributed by atoms with E-state index in [-0.39, 0.29) is 11.6 Å². The summed E-state index contributed by atoms with van der Waals surface area (Å²) in [5.74, 6) is 0.459. The summed E-state index contributed by atoms with van der Waals surface area (Å²) in [4.78, 5) is 25.3. The van der Waals surface area contributed by atoms with E-state index in [0.29, 0.717) is 25.2 Å². The summed E-state index contributed by atoms with van der Waals surface area (Å²) < 4.78 is 2.98. The van der Waals surface area contributed by atoms with E-state index < -0.39 is 0 Å². The number of nitrogens with zero attached hydrogens (tertiary/aromatic N) is 5. The Bertz CT molecular complexity index is 1250. The van der Waals surface area contributed by atoms with Crippen molar-refractivity contribution in [2.24, 2.45) is 0 Å². The highest BCUT2D eigenvalue weighted by Crippen LogP contribution is 2.29. The molecule has 0 atom stereocenters. The zero-order valence-electron chi connectivity index (χ0n) is 18.3. The van der Waals surface area contributed by atoms with E-state index in [2.05, 4.69) is 27.5 Å². The summed E-state index contributed by atoms with van der Waals surface area (Å²) in [5.41, 5.74) is 4.56. The number of hydrogen-bond acceptors (Lipinski definition) is 5. The maximum Gasteiger partial charge on any atom is 0.335 e. The predicted octanol–water partition coefficient (Wildman–Crippen LogP) is 3.94. The summed E-state index contributed by atoms with van der Waals surface area (Å²) >= 11 is 0. The van der Waals surface area contributed by atoms with E-state index >= 15 is 0 Å². The van der Waals surface area contributed by atoms with Gasteiger partial charge in [-0.3, -0.25) is 9.36 Å². The average Bonchev–Trinajstić information content (AvgIpc) is 3.45. The van der Waals surface area contributed by atoms with Gasteiger partial charge in [-0.25, -0.2) is 14.5 Å². The van der Waals surface area contributed by atoms with Gasteiger partial charge in [0.25, 0.3) is 0 Å². The SMILES string of the molecule is CCCC(=O)n1cc(CCC)n(Cc2ccc(-c3ccccc3-c3nnn[nH]3)cc2)c1=O. The number of imidazole rings is 1. The van der Waals surface area contributed by atoms with Crippen molar-refractivity contribution in [2.75, 3.05) is 0 Å². The van der Waals surface area contributed by atoms with Crippen LogP contribution in [0.5, 0.6) is 0 Å². The second-order valence-corrected chi connectivity index (χ2v) is 7.75. The molecular formula is C24H26N6O2. The molecule has 0 saturated carbocycles. The second kappa shape index (κ2) is 9.55. The number of aromatic nitrogens is 6. The van der Waals surface area contributed by atoms with E-state index in [1.807, 2.05) is 55.5 Å². The van der Waals surface area contributed by atoms with Crippen LogP contribution in [-0.4, -0.2) is 35.7 Å². The van der Waals surface area contributed by atoms with Crippen LogP contribution in [0.2, 0.25) is 0 Å². The number of nitrogens with one attached hydrogen (secondary N) is 1. The Labute approximate surface area is 185 Å². The highest BCUT2D eigenvalue weighted by Gasteiger charge is 2.16. The summed E-state index contributed by atoms with van der Waals surface area (Å²) in [6, 6.07) is 16.0. The first-order valence-electron chi connectivity index (χ1n) is 10.9. The lowest BCUT2D eigenvalue weighted by molar-refractivity contribution is 0.0897. The number of carbonyl (C=O) groups excluding carboxylic acids is 1. The molecule has 0 radical (unpaired) electrons. The quantitative estimate of drug-likeness (QED) is 0.457. The molecule has 4 rings (SSSR count). The number of carbonyl (C=O) groups is 1. The molecule has 1 N–H and O–H groups in total. The smallest absolute Gasteiger partial charge is 0.292 e. The van der Waals surface area contributed by atoms with Gasteiger partial charge in [0.1, 0.15) is 0 Å². The molecule has 8 heteroatoms. The van der Waals surface area contributed by atoms with Crippen molar-refractivity contribution < 1.29 is 4.79 Å². The van der Waals surface area contributed by atoms with Crippen molar-refractivity contribution in [1.82, 2.24) is 29.8 Å². The number of aromatic amines is 1. The van der Waals surface area contributed by atoms with E-state index in [1.54, 1.807) is 10.8 Å². The summed E-state index contributed by atoms with van der Waals surface area (Å²) in [7, 11) is 0. The standard InChI is InChI=1S/C24H26N6O2/c1-3-7-19-16-30(22(31)8-4-2)24(32)29(19)15-17-11-13-18(14-12-17)20-9-5-6-10-21(20)23-25-27-28-26-23/h5-6,9-14,16H,3-4,7-8,15H2,1-2H3,(H,25,26,27,28). The molecule has 0 aliphatic heterocycles. The van der Waals surface area contributed by atoms with Crippen molar-refractivity contribution in [1.29, 1.82) is 0 Å². The molecule has 2 aromatic carbocycles. The predicted molar refractivity (Wildman–Crippen MR) is 122 cm³/mol. The zero-order valence-corrected chi connectivity index (χ0v) is 18.3. The van der Waals surface area contributed by atoms with Gasteiger partial charge in [-0.15, -0.1) is 5.10 Å². The van der Waals surface area contributed by atoms with Crippen LogP contribution in [0.25, 0.3) is 22.5 Å². The molecule has 2 heterocycles. The molecule has 0 aliphatic rings. The lowest BCUT2D eigenvalue weighted by Crippen LogP contribution is -2.29. The monoisotopic (exact) mass is 430 g/mol. The maximum atomic E-state index is 12.9. The lowest BCUT2D eigenvalue weighted by atomic mass is 9.98. The first kappa shape index (κ1) is 21.4. The molecule has 0 spiro atoms. The Morgan fingerprint density at radius 1 is 1.00 bits per heavy atom. The van der Waals surface area contributed by atoms with Crippen molar-refractivity contribution >= 4 is 5.91 Å². The van der Waals surface area contributed by atoms with Crippen molar-refractivity contribution in [3.8, 4) is 22.5 Å². The normalized spacial score (nSPS) is 11.1. The minimum atomic E-state index is -0.265. The Kier molecular flexibility index (Phi) is 6.39. The van der Waals surface area contributed by atoms with Crippen LogP contribution in [0.3, 0.4) is 0 Å². The van der Waals surface area contributed by atoms with Gasteiger partial charge in [-0.1, -0.05) is 68.8 Å². The van der Waals surface area contributed by atoms with Crippen LogP contribution in [-0.2, 0) is 13.0 Å². The highest BCUT2D eigenvalue weighted by molar-refractivity contribution is 5.80. The van der Waals surface area contributed by atoms with E-state index in [9.17, 15) is 9.59 Å². The van der Waals surface area contributed by atoms with Gasteiger partial charge >= 0.3 is 5.69 Å². The van der Waals surface area contributed by atoms with Crippen LogP contribution in [0.1, 0.15) is 49.2 Å². The van der Waals surface area contributed by atoms with E-state index in [1.165, 1.54) is 4.57 Å². The molecule has 0 bridgehead atoms. The maximum absolute atomic E-state index is 12.9. The van der Waals surface area contributed by atoms with E-state index in [4.69, 9.17) is 0 Å². The molecule has 8 nitrogen and oxygen atoms in total. The van der Waals surface area contributed by atoms with Gasteiger partial charge < -0.3 is 0 Å². The van der Waals surface area contributed by atoms with E-state index in [0.717, 1.165) is 40.8 Å². The minimum absolute atomic E-state index is 0.150. The van der Waals surface area contributed by atoms with Crippen LogP contribution in [0, 0.1) is 0 Å². The average molecular weight is 431 g/mol. The summed E-state index contributed by atoms with van der Waals surface area (Å²) in [5, 5.41) is 14.2. The number of hydrogen-bond donors (Lipinski definition) is 1. The molecule has 0 amide bonds. The molecule has 0 unspecified atom stereocenters. The Balaban J connectivity index is 1.63. The fraction of sp³-hybridized carbons (Fsp3) is 0.292. The van der Waals surface area contributed by atoms with Crippen molar-refractivity contribution in [3.05, 3.63) is 76.5 Å². The third-order valence-electron chi connectivity index (χ3n) is 5.43. The van der Waals surface area contributed by atoms with Gasteiger partial charge in [0.15, 0.2) is 5.82 Å². The van der Waals surface area contributed by atoms with Crippen LogP contribution in [0.15, 0.2) is 59.5 Å². The molecule has 0 saturated heterocycles. The molecule has 0 aliphatic carbocycles. The van der Waals surface area contributed by atoms with Crippen molar-refractivity contribution in [3.63, 3.8) is 0 Å². The fourth-order valence-corrected chi connectivity index (χ4v) is 3.85. The minimum Gasteiger partial charge on any atom is -0.292 e. The van der Waals surface area contributed by atoms with Gasteiger partial charge in [-0.2, -0.15) is 0 Å². The fourth-order valence-electron chi connectivity index (χ4n) is 3.85. The zero-order chi connectivity index (χ0) is 22.5. The largest absolute Gasteiger partial charge is 0.335 e. The van der Waals surface area contributed by atoms with Gasteiger partial charge in [-0.05, 0) is 40.0 Å². The molecular weight excluding hydrogens is 404 g/mol. The first-order valence-corrected chi connectivity index (χ1v) is 10.9. The highest BCUT2D eigenvalue weighted by atomic mass is 16.2. The Morgan fingerprint density at radius 3 is 2.41 bits per heavy atom. The third-order valence-corrected chi connectivity index (χ3v) is 5.43. The van der Waals surface area contributed by atoms with Gasteiger partial charge in [0, 0.05) is 23.9 Å². The van der Waals surface area contributed by atoms with Crippen molar-refractivity contribution in [2.45, 2.75) is 46.1 Å². The van der Waals surface area contributed by atoms with Crippen LogP contribution < -0.4 is 5.69 Å². The summed E-state index contributed by atoms with van der Waals surface area (Å²) in [6.45, 7) is 4.43. The Hall–Kier alpha value is -3.81. The molecule has 4 aromatic rings. The number of H-pyrrole nitrogens is 1. The number of benzene rings is 2. The number of rotatable bonds is 8. The number of tetrazole rings is 1. The number of aryl methyl sites for hydroxylation is 1. The second-order valence-electron chi connectivity index (χ2n) is 7.75. The van der Waals surface area contributed by atoms with Gasteiger partial charge in [0.05, 0.1) is 6.54 Å². The molecule has 0 fully saturated rings. The molecule has 32 heavy (non-hydrogen) atoms. The van der Waals surface area contributed by atoms with Gasteiger partial charge in [0.2, 0.25) is 5.91 Å². The summed E-state index contributed by atoms with van der Waals surface area (Å²) in [6.07, 6.45) is 4.44. The lowest BCUT2D eigenvalue weighted by Gasteiger charge is -2.10. The van der Waals surface area contributed by atoms with Crippen LogP contribution >= 0.6 is 0 Å². The topological polar surface area (TPSA) is 98.5 Å². The Morgan fingerprint density at radius 2 is 1.75 bits per heavy atom.